The Morgan fingerprint density at radius 1 is 1.26 bits per heavy atom. The van der Waals surface area contributed by atoms with Crippen molar-refractivity contribution in [3.05, 3.63) is 29.8 Å². The second kappa shape index (κ2) is 7.13. The largest absolute Gasteiger partial charge is 0.396 e. The van der Waals surface area contributed by atoms with E-state index in [9.17, 15) is 9.59 Å². The van der Waals surface area contributed by atoms with Crippen LogP contribution in [0.3, 0.4) is 0 Å². The summed E-state index contributed by atoms with van der Waals surface area (Å²) in [6.07, 6.45) is 4.79. The molecule has 23 heavy (non-hydrogen) atoms. The monoisotopic (exact) mass is 316 g/mol. The summed E-state index contributed by atoms with van der Waals surface area (Å²) in [7, 11) is 0. The van der Waals surface area contributed by atoms with Crippen LogP contribution in [0.15, 0.2) is 24.3 Å². The molecule has 5 nitrogen and oxygen atoms in total. The van der Waals surface area contributed by atoms with Crippen LogP contribution >= 0.6 is 0 Å². The van der Waals surface area contributed by atoms with E-state index in [-0.39, 0.29) is 31.0 Å². The molecule has 2 amide bonds. The number of para-hydroxylation sites is 1. The quantitative estimate of drug-likeness (QED) is 0.900. The van der Waals surface area contributed by atoms with Crippen LogP contribution in [-0.2, 0) is 16.0 Å². The molecule has 1 saturated heterocycles. The van der Waals surface area contributed by atoms with Gasteiger partial charge in [-0.2, -0.15) is 0 Å². The highest BCUT2D eigenvalue weighted by atomic mass is 16.3. The molecule has 0 bridgehead atoms. The Bertz CT molecular complexity index is 587. The average molecular weight is 316 g/mol. The lowest BCUT2D eigenvalue weighted by Gasteiger charge is -2.32. The summed E-state index contributed by atoms with van der Waals surface area (Å²) in [5.41, 5.74) is 2.02. The third kappa shape index (κ3) is 3.39. The molecular weight excluding hydrogens is 292 g/mol. The summed E-state index contributed by atoms with van der Waals surface area (Å²) >= 11 is 0. The predicted octanol–water partition coefficient (Wildman–Crippen LogP) is 1.73. The smallest absolute Gasteiger partial charge is 0.242 e. The van der Waals surface area contributed by atoms with Gasteiger partial charge in [-0.1, -0.05) is 18.2 Å². The number of carbonyl (C=O) groups is 2. The van der Waals surface area contributed by atoms with Gasteiger partial charge in [-0.05, 0) is 43.7 Å². The van der Waals surface area contributed by atoms with Gasteiger partial charge in [0.15, 0.2) is 0 Å². The van der Waals surface area contributed by atoms with E-state index < -0.39 is 0 Å². The van der Waals surface area contributed by atoms with Gasteiger partial charge in [0.05, 0.1) is 0 Å². The second-order valence-corrected chi connectivity index (χ2v) is 6.36. The van der Waals surface area contributed by atoms with E-state index >= 15 is 0 Å². The number of rotatable bonds is 5. The van der Waals surface area contributed by atoms with Crippen LogP contribution in [0.4, 0.5) is 5.69 Å². The number of fused-ring (bicyclic) bond motifs is 1. The molecule has 0 radical (unpaired) electrons. The normalized spacial score (nSPS) is 20.7. The number of carbonyl (C=O) groups excluding carboxylic acids is 2. The summed E-state index contributed by atoms with van der Waals surface area (Å²) in [5, 5.41) is 9.00. The zero-order valence-electron chi connectivity index (χ0n) is 13.4. The SMILES string of the molecule is O=C1CCc2ccccc2N1CC(=O)N1CCCC1CCCO. The third-order valence-electron chi connectivity index (χ3n) is 4.88. The fourth-order valence-corrected chi connectivity index (χ4v) is 3.69. The van der Waals surface area contributed by atoms with Gasteiger partial charge in [-0.25, -0.2) is 0 Å². The highest BCUT2D eigenvalue weighted by molar-refractivity contribution is 6.01. The van der Waals surface area contributed by atoms with Crippen molar-refractivity contribution < 1.29 is 14.7 Å². The minimum Gasteiger partial charge on any atom is -0.396 e. The number of amides is 2. The first-order valence-electron chi connectivity index (χ1n) is 8.49. The molecular formula is C18H24N2O3. The van der Waals surface area contributed by atoms with Crippen LogP contribution in [0, 0.1) is 0 Å². The van der Waals surface area contributed by atoms with Gasteiger partial charge in [-0.15, -0.1) is 0 Å². The van der Waals surface area contributed by atoms with Crippen molar-refractivity contribution in [1.29, 1.82) is 0 Å². The Balaban J connectivity index is 1.71. The number of nitrogens with zero attached hydrogens (tertiary/aromatic N) is 2. The van der Waals surface area contributed by atoms with E-state index in [0.29, 0.717) is 6.42 Å². The summed E-state index contributed by atoms with van der Waals surface area (Å²) < 4.78 is 0. The number of benzene rings is 1. The van der Waals surface area contributed by atoms with Crippen LogP contribution in [0.1, 0.15) is 37.7 Å². The summed E-state index contributed by atoms with van der Waals surface area (Å²) in [6.45, 7) is 1.06. The van der Waals surface area contributed by atoms with Gasteiger partial charge >= 0.3 is 0 Å². The summed E-state index contributed by atoms with van der Waals surface area (Å²) in [5.74, 6) is 0.0543. The molecule has 1 unspecified atom stereocenters. The Morgan fingerprint density at radius 3 is 2.91 bits per heavy atom. The number of hydrogen-bond donors (Lipinski definition) is 1. The van der Waals surface area contributed by atoms with Gasteiger partial charge in [0.25, 0.3) is 0 Å². The molecule has 1 aromatic carbocycles. The predicted molar refractivity (Wildman–Crippen MR) is 88.2 cm³/mol. The van der Waals surface area contributed by atoms with E-state index in [1.54, 1.807) is 4.90 Å². The molecule has 0 aromatic heterocycles. The van der Waals surface area contributed by atoms with Gasteiger partial charge in [0, 0.05) is 31.3 Å². The third-order valence-corrected chi connectivity index (χ3v) is 4.88. The molecule has 1 aromatic rings. The lowest BCUT2D eigenvalue weighted by molar-refractivity contribution is -0.132. The van der Waals surface area contributed by atoms with E-state index in [0.717, 1.165) is 49.9 Å². The molecule has 3 rings (SSSR count). The van der Waals surface area contributed by atoms with Crippen LogP contribution in [0.25, 0.3) is 0 Å². The van der Waals surface area contributed by atoms with Crippen molar-refractivity contribution in [3.8, 4) is 0 Å². The maximum absolute atomic E-state index is 12.7. The van der Waals surface area contributed by atoms with Gasteiger partial charge in [0.1, 0.15) is 6.54 Å². The van der Waals surface area contributed by atoms with Crippen molar-refractivity contribution >= 4 is 17.5 Å². The van der Waals surface area contributed by atoms with Gasteiger partial charge in [0.2, 0.25) is 11.8 Å². The van der Waals surface area contributed by atoms with Gasteiger partial charge < -0.3 is 14.9 Å². The number of aryl methyl sites for hydroxylation is 1. The molecule has 2 heterocycles. The van der Waals surface area contributed by atoms with E-state index in [4.69, 9.17) is 5.11 Å². The molecule has 2 aliphatic heterocycles. The molecule has 0 saturated carbocycles. The minimum absolute atomic E-state index is 0.0236. The van der Waals surface area contributed by atoms with Crippen LogP contribution in [0.5, 0.6) is 0 Å². The molecule has 1 N–H and O–H groups in total. The van der Waals surface area contributed by atoms with E-state index in [2.05, 4.69) is 0 Å². The average Bonchev–Trinajstić information content (AvgIpc) is 3.04. The highest BCUT2D eigenvalue weighted by Crippen LogP contribution is 2.28. The molecule has 0 spiro atoms. The Morgan fingerprint density at radius 2 is 2.09 bits per heavy atom. The number of hydrogen-bond acceptors (Lipinski definition) is 3. The van der Waals surface area contributed by atoms with Crippen LogP contribution in [-0.4, -0.2) is 47.6 Å². The first kappa shape index (κ1) is 16.0. The minimum atomic E-state index is 0.0236. The number of aliphatic hydroxyl groups excluding tert-OH is 1. The highest BCUT2D eigenvalue weighted by Gasteiger charge is 2.32. The lowest BCUT2D eigenvalue weighted by atomic mass is 10.0. The Kier molecular flexibility index (Phi) is 4.96. The van der Waals surface area contributed by atoms with E-state index in [1.807, 2.05) is 29.2 Å². The fourth-order valence-electron chi connectivity index (χ4n) is 3.69. The lowest BCUT2D eigenvalue weighted by Crippen LogP contribution is -2.46. The van der Waals surface area contributed by atoms with Crippen LogP contribution < -0.4 is 4.90 Å². The summed E-state index contributed by atoms with van der Waals surface area (Å²) in [4.78, 5) is 28.5. The number of aliphatic hydroxyl groups is 1. The topological polar surface area (TPSA) is 60.9 Å². The zero-order valence-corrected chi connectivity index (χ0v) is 13.4. The van der Waals surface area contributed by atoms with E-state index in [1.165, 1.54) is 0 Å². The second-order valence-electron chi connectivity index (χ2n) is 6.36. The molecule has 0 aliphatic carbocycles. The maximum atomic E-state index is 12.7. The van der Waals surface area contributed by atoms with Gasteiger partial charge in [-0.3, -0.25) is 9.59 Å². The standard InChI is InChI=1S/C18H24N2O3/c21-12-4-7-15-6-3-11-19(15)18(23)13-20-16-8-2-1-5-14(16)9-10-17(20)22/h1-2,5,8,15,21H,3-4,6-7,9-13H2. The number of anilines is 1. The molecule has 124 valence electrons. The Hall–Kier alpha value is -1.88. The van der Waals surface area contributed by atoms with Crippen molar-refractivity contribution in [2.24, 2.45) is 0 Å². The summed E-state index contributed by atoms with van der Waals surface area (Å²) in [6, 6.07) is 8.05. The van der Waals surface area contributed by atoms with Crippen LogP contribution in [0.2, 0.25) is 0 Å². The maximum Gasteiger partial charge on any atom is 0.242 e. The first-order chi connectivity index (χ1) is 11.2. The number of likely N-dealkylation sites (tertiary alicyclic amines) is 1. The fraction of sp³-hybridized carbons (Fsp3) is 0.556. The molecule has 2 aliphatic rings. The van der Waals surface area contributed by atoms with Crippen molar-refractivity contribution in [1.82, 2.24) is 4.90 Å². The zero-order chi connectivity index (χ0) is 16.2. The molecule has 1 atom stereocenters. The Labute approximate surface area is 136 Å². The first-order valence-corrected chi connectivity index (χ1v) is 8.49. The van der Waals surface area contributed by atoms with Crippen molar-refractivity contribution in [2.75, 3.05) is 24.6 Å². The molecule has 5 heteroatoms. The molecule has 1 fully saturated rings. The van der Waals surface area contributed by atoms with Crippen molar-refractivity contribution in [3.63, 3.8) is 0 Å². The van der Waals surface area contributed by atoms with Crippen molar-refractivity contribution in [2.45, 2.75) is 44.6 Å².